The second-order valence-electron chi connectivity index (χ2n) is 2.29. The molecule has 0 aromatic heterocycles. The van der Waals surface area contributed by atoms with Gasteiger partial charge in [-0.3, -0.25) is 0 Å². The molecule has 0 radical (unpaired) electrons. The molecule has 0 spiro atoms. The summed E-state index contributed by atoms with van der Waals surface area (Å²) in [6.07, 6.45) is 15.4. The maximum Gasteiger partial charge on any atom is 0.191 e. The summed E-state index contributed by atoms with van der Waals surface area (Å²) in [5, 5.41) is 0. The first-order valence-corrected chi connectivity index (χ1v) is 6.81. The minimum atomic E-state index is -1.99. The standard InChI is InChI=1S/C9H9ClSi/c1-4-7-11(10,8-5-2)9-6-3/h1-3H,7-9H2. The molecule has 0 aliphatic heterocycles. The average molecular weight is 181 g/mol. The van der Waals surface area contributed by atoms with Gasteiger partial charge in [-0.1, -0.05) is 0 Å². The molecular formula is C9H9ClSi. The first kappa shape index (κ1) is 10.2. The van der Waals surface area contributed by atoms with Gasteiger partial charge in [-0.05, 0) is 0 Å². The molecule has 0 rings (SSSR count). The SMILES string of the molecule is C#CC[Si](Cl)(CC#C)CC#C. The van der Waals surface area contributed by atoms with Crippen LogP contribution in [0.15, 0.2) is 0 Å². The van der Waals surface area contributed by atoms with Gasteiger partial charge in [0.2, 0.25) is 0 Å². The average Bonchev–Trinajstić information content (AvgIpc) is 1.88. The summed E-state index contributed by atoms with van der Waals surface area (Å²) in [4.78, 5) is 0. The number of hydrogen-bond acceptors (Lipinski definition) is 0. The lowest BCUT2D eigenvalue weighted by Gasteiger charge is -2.15. The summed E-state index contributed by atoms with van der Waals surface area (Å²) in [7, 11) is -1.99. The molecule has 0 saturated carbocycles. The molecule has 0 unspecified atom stereocenters. The Bertz CT molecular complexity index is 195. The van der Waals surface area contributed by atoms with Gasteiger partial charge in [-0.15, -0.1) is 37.0 Å². The maximum atomic E-state index is 6.15. The van der Waals surface area contributed by atoms with Gasteiger partial charge in [-0.25, -0.2) is 0 Å². The number of rotatable bonds is 3. The molecular weight excluding hydrogens is 172 g/mol. The van der Waals surface area contributed by atoms with Crippen molar-refractivity contribution >= 4 is 18.5 Å². The van der Waals surface area contributed by atoms with E-state index >= 15 is 0 Å². The van der Waals surface area contributed by atoms with Crippen LogP contribution < -0.4 is 0 Å². The number of hydrogen-bond donors (Lipinski definition) is 0. The summed E-state index contributed by atoms with van der Waals surface area (Å²) in [5.41, 5.74) is 0. The van der Waals surface area contributed by atoms with Gasteiger partial charge in [-0.2, -0.15) is 11.1 Å². The van der Waals surface area contributed by atoms with E-state index in [4.69, 9.17) is 30.3 Å². The van der Waals surface area contributed by atoms with Gasteiger partial charge in [0.15, 0.2) is 7.38 Å². The first-order valence-electron chi connectivity index (χ1n) is 3.18. The van der Waals surface area contributed by atoms with E-state index in [1.807, 2.05) is 0 Å². The van der Waals surface area contributed by atoms with Crippen molar-refractivity contribution in [2.75, 3.05) is 0 Å². The van der Waals surface area contributed by atoms with Crippen molar-refractivity contribution < 1.29 is 0 Å². The van der Waals surface area contributed by atoms with Crippen molar-refractivity contribution in [2.24, 2.45) is 0 Å². The van der Waals surface area contributed by atoms with E-state index in [0.29, 0.717) is 18.1 Å². The van der Waals surface area contributed by atoms with Crippen LogP contribution in [-0.2, 0) is 0 Å². The second kappa shape index (κ2) is 4.92. The van der Waals surface area contributed by atoms with Crippen LogP contribution in [0.2, 0.25) is 18.1 Å². The highest BCUT2D eigenvalue weighted by atomic mass is 35.6. The Balaban J connectivity index is 4.20. The fourth-order valence-electron chi connectivity index (χ4n) is 0.736. The summed E-state index contributed by atoms with van der Waals surface area (Å²) >= 11 is 6.15. The van der Waals surface area contributed by atoms with Crippen LogP contribution in [-0.4, -0.2) is 7.38 Å². The van der Waals surface area contributed by atoms with Crippen molar-refractivity contribution in [3.63, 3.8) is 0 Å². The maximum absolute atomic E-state index is 6.15. The molecule has 0 aliphatic rings. The third kappa shape index (κ3) is 3.79. The number of terminal acetylenes is 3. The van der Waals surface area contributed by atoms with Crippen LogP contribution in [0.5, 0.6) is 0 Å². The van der Waals surface area contributed by atoms with Gasteiger partial charge in [0.25, 0.3) is 0 Å². The van der Waals surface area contributed by atoms with E-state index < -0.39 is 7.38 Å². The minimum absolute atomic E-state index is 0.558. The van der Waals surface area contributed by atoms with Gasteiger partial charge >= 0.3 is 0 Å². The Labute approximate surface area is 74.0 Å². The van der Waals surface area contributed by atoms with E-state index in [-0.39, 0.29) is 0 Å². The zero-order valence-corrected chi connectivity index (χ0v) is 7.99. The Morgan fingerprint density at radius 3 is 1.36 bits per heavy atom. The molecule has 0 bridgehead atoms. The van der Waals surface area contributed by atoms with Crippen LogP contribution in [0.4, 0.5) is 0 Å². The van der Waals surface area contributed by atoms with Gasteiger partial charge < -0.3 is 0 Å². The van der Waals surface area contributed by atoms with Gasteiger partial charge in [0.05, 0.1) is 0 Å². The Morgan fingerprint density at radius 2 is 1.18 bits per heavy atom. The predicted octanol–water partition coefficient (Wildman–Crippen LogP) is 2.07. The smallest absolute Gasteiger partial charge is 0.164 e. The summed E-state index contributed by atoms with van der Waals surface area (Å²) < 4.78 is 0. The highest BCUT2D eigenvalue weighted by Crippen LogP contribution is 2.23. The van der Waals surface area contributed by atoms with Crippen molar-refractivity contribution in [1.82, 2.24) is 0 Å². The largest absolute Gasteiger partial charge is 0.191 e. The van der Waals surface area contributed by atoms with Crippen molar-refractivity contribution in [1.29, 1.82) is 0 Å². The normalized spacial score (nSPS) is 9.27. The molecule has 0 heterocycles. The third-order valence-corrected chi connectivity index (χ3v) is 4.97. The molecule has 0 atom stereocenters. The molecule has 56 valence electrons. The highest BCUT2D eigenvalue weighted by molar-refractivity contribution is 7.21. The molecule has 11 heavy (non-hydrogen) atoms. The second-order valence-corrected chi connectivity index (χ2v) is 8.06. The molecule has 0 N–H and O–H groups in total. The van der Waals surface area contributed by atoms with E-state index in [9.17, 15) is 0 Å². The first-order chi connectivity index (χ1) is 5.18. The summed E-state index contributed by atoms with van der Waals surface area (Å²) in [5.74, 6) is 7.55. The zero-order chi connectivity index (χ0) is 8.74. The lowest BCUT2D eigenvalue weighted by Crippen LogP contribution is -2.24. The van der Waals surface area contributed by atoms with E-state index in [1.54, 1.807) is 0 Å². The van der Waals surface area contributed by atoms with Crippen molar-refractivity contribution in [3.8, 4) is 37.0 Å². The zero-order valence-electron chi connectivity index (χ0n) is 6.23. The van der Waals surface area contributed by atoms with Crippen LogP contribution in [0.3, 0.4) is 0 Å². The highest BCUT2D eigenvalue weighted by Gasteiger charge is 2.27. The van der Waals surface area contributed by atoms with Crippen molar-refractivity contribution in [3.05, 3.63) is 0 Å². The molecule has 0 aliphatic carbocycles. The molecule has 0 nitrogen and oxygen atoms in total. The lowest BCUT2D eigenvalue weighted by atomic mass is 10.8. The van der Waals surface area contributed by atoms with Gasteiger partial charge in [0.1, 0.15) is 0 Å². The molecule has 0 saturated heterocycles. The Morgan fingerprint density at radius 1 is 0.909 bits per heavy atom. The van der Waals surface area contributed by atoms with Crippen LogP contribution in [0, 0.1) is 37.0 Å². The summed E-state index contributed by atoms with van der Waals surface area (Å²) in [6, 6.07) is 1.68. The van der Waals surface area contributed by atoms with E-state index in [1.165, 1.54) is 0 Å². The topological polar surface area (TPSA) is 0 Å². The monoisotopic (exact) mass is 180 g/mol. The van der Waals surface area contributed by atoms with Crippen LogP contribution in [0.25, 0.3) is 0 Å². The lowest BCUT2D eigenvalue weighted by molar-refractivity contribution is 1.50. The molecule has 0 aromatic carbocycles. The minimum Gasteiger partial charge on any atom is -0.164 e. The summed E-state index contributed by atoms with van der Waals surface area (Å²) in [6.45, 7) is 0. The van der Waals surface area contributed by atoms with Crippen LogP contribution in [0.1, 0.15) is 0 Å². The molecule has 0 amide bonds. The molecule has 2 heteroatoms. The fraction of sp³-hybridized carbons (Fsp3) is 0.333. The number of halogens is 1. The fourth-order valence-corrected chi connectivity index (χ4v) is 2.90. The van der Waals surface area contributed by atoms with Gasteiger partial charge in [0, 0.05) is 18.1 Å². The Kier molecular flexibility index (Phi) is 4.56. The molecule has 0 aromatic rings. The predicted molar refractivity (Wildman–Crippen MR) is 52.5 cm³/mol. The Hall–Kier alpha value is -0.813. The third-order valence-electron chi connectivity index (χ3n) is 1.26. The van der Waals surface area contributed by atoms with E-state index in [2.05, 4.69) is 17.8 Å². The van der Waals surface area contributed by atoms with Crippen molar-refractivity contribution in [2.45, 2.75) is 18.1 Å². The molecule has 0 fully saturated rings. The van der Waals surface area contributed by atoms with E-state index in [0.717, 1.165) is 0 Å². The quantitative estimate of drug-likeness (QED) is 0.355. The van der Waals surface area contributed by atoms with Crippen LogP contribution >= 0.6 is 11.1 Å².